The van der Waals surface area contributed by atoms with Crippen molar-refractivity contribution in [2.75, 3.05) is 19.8 Å². The Hall–Kier alpha value is -1.14. The molecule has 0 aliphatic heterocycles. The minimum absolute atomic E-state index is 0.136. The number of nitrogens with two attached hydrogens (primary N) is 2. The average Bonchev–Trinajstić information content (AvgIpc) is 2.21. The second kappa shape index (κ2) is 9.11. The fraction of sp³-hybridized carbons (Fsp3) is 0.800. The number of nitrogens with one attached hydrogen (secondary N) is 1. The molecule has 0 aliphatic rings. The van der Waals surface area contributed by atoms with E-state index in [1.54, 1.807) is 0 Å². The van der Waals surface area contributed by atoms with Crippen LogP contribution in [-0.4, -0.2) is 37.6 Å². The zero-order chi connectivity index (χ0) is 12.4. The van der Waals surface area contributed by atoms with Gasteiger partial charge in [0.25, 0.3) is 0 Å². The minimum atomic E-state index is -0.867. The summed E-state index contributed by atoms with van der Waals surface area (Å²) in [7, 11) is 0. The molecule has 0 saturated carbocycles. The monoisotopic (exact) mass is 231 g/mol. The molecule has 0 rings (SSSR count). The molecule has 0 spiro atoms. The molecule has 0 fully saturated rings. The highest BCUT2D eigenvalue weighted by molar-refractivity contribution is 5.87. The van der Waals surface area contributed by atoms with E-state index in [0.717, 1.165) is 12.8 Å². The van der Waals surface area contributed by atoms with Gasteiger partial charge in [-0.3, -0.25) is 9.59 Å². The van der Waals surface area contributed by atoms with Gasteiger partial charge in [-0.25, -0.2) is 0 Å². The van der Waals surface area contributed by atoms with Gasteiger partial charge in [-0.2, -0.15) is 0 Å². The van der Waals surface area contributed by atoms with E-state index in [0.29, 0.717) is 19.8 Å². The van der Waals surface area contributed by atoms with Crippen LogP contribution < -0.4 is 16.8 Å². The van der Waals surface area contributed by atoms with E-state index in [1.165, 1.54) is 0 Å². The lowest BCUT2D eigenvalue weighted by atomic mass is 10.2. The third-order valence-corrected chi connectivity index (χ3v) is 1.95. The number of carbonyl (C=O) groups excluding carboxylic acids is 2. The van der Waals surface area contributed by atoms with E-state index >= 15 is 0 Å². The fourth-order valence-electron chi connectivity index (χ4n) is 1.04. The quantitative estimate of drug-likeness (QED) is 0.448. The summed E-state index contributed by atoms with van der Waals surface area (Å²) in [5, 5.41) is 2.57. The van der Waals surface area contributed by atoms with Crippen molar-refractivity contribution in [3.63, 3.8) is 0 Å². The van der Waals surface area contributed by atoms with Crippen LogP contribution in [0.15, 0.2) is 0 Å². The topological polar surface area (TPSA) is 107 Å². The van der Waals surface area contributed by atoms with Crippen LogP contribution in [-0.2, 0) is 14.3 Å². The Balaban J connectivity index is 3.46. The van der Waals surface area contributed by atoms with Gasteiger partial charge in [-0.15, -0.1) is 0 Å². The summed E-state index contributed by atoms with van der Waals surface area (Å²) in [6.45, 7) is 3.62. The zero-order valence-corrected chi connectivity index (χ0v) is 9.70. The van der Waals surface area contributed by atoms with E-state index in [-0.39, 0.29) is 12.3 Å². The van der Waals surface area contributed by atoms with E-state index < -0.39 is 11.9 Å². The maximum absolute atomic E-state index is 11.3. The molecular formula is C10H21N3O3. The Kier molecular flexibility index (Phi) is 8.46. The van der Waals surface area contributed by atoms with Gasteiger partial charge >= 0.3 is 0 Å². The SMILES string of the molecule is CCCCOCCNC(=O)C(N)CC(N)=O. The predicted molar refractivity (Wildman–Crippen MR) is 60.5 cm³/mol. The van der Waals surface area contributed by atoms with Gasteiger partial charge in [0.1, 0.15) is 0 Å². The van der Waals surface area contributed by atoms with Crippen LogP contribution in [0, 0.1) is 0 Å². The lowest BCUT2D eigenvalue weighted by Gasteiger charge is -2.10. The largest absolute Gasteiger partial charge is 0.380 e. The molecule has 0 saturated heterocycles. The maximum atomic E-state index is 11.3. The van der Waals surface area contributed by atoms with E-state index in [4.69, 9.17) is 16.2 Å². The molecule has 0 radical (unpaired) electrons. The molecule has 6 heteroatoms. The third-order valence-electron chi connectivity index (χ3n) is 1.95. The van der Waals surface area contributed by atoms with Crippen LogP contribution in [0.4, 0.5) is 0 Å². The van der Waals surface area contributed by atoms with Crippen LogP contribution in [0.2, 0.25) is 0 Å². The normalized spacial score (nSPS) is 12.1. The summed E-state index contributed by atoms with van der Waals surface area (Å²) >= 11 is 0. The molecular weight excluding hydrogens is 210 g/mol. The second-order valence-corrected chi connectivity index (χ2v) is 3.53. The van der Waals surface area contributed by atoms with Crippen LogP contribution in [0.1, 0.15) is 26.2 Å². The van der Waals surface area contributed by atoms with Gasteiger partial charge in [0.05, 0.1) is 19.1 Å². The van der Waals surface area contributed by atoms with Gasteiger partial charge in [0.2, 0.25) is 11.8 Å². The summed E-state index contributed by atoms with van der Waals surface area (Å²) in [4.78, 5) is 21.8. The third kappa shape index (κ3) is 8.19. The molecule has 1 unspecified atom stereocenters. The zero-order valence-electron chi connectivity index (χ0n) is 9.70. The van der Waals surface area contributed by atoms with Crippen LogP contribution >= 0.6 is 0 Å². The van der Waals surface area contributed by atoms with Gasteiger partial charge in [-0.05, 0) is 6.42 Å². The molecule has 1 atom stereocenters. The highest BCUT2D eigenvalue weighted by Gasteiger charge is 2.14. The summed E-state index contributed by atoms with van der Waals surface area (Å²) in [5.41, 5.74) is 10.3. The second-order valence-electron chi connectivity index (χ2n) is 3.53. The standard InChI is InChI=1S/C10H21N3O3/c1-2-3-5-16-6-4-13-10(15)8(11)7-9(12)14/h8H,2-7,11H2,1H3,(H2,12,14)(H,13,15). The smallest absolute Gasteiger partial charge is 0.237 e. The van der Waals surface area contributed by atoms with Crippen molar-refractivity contribution in [3.8, 4) is 0 Å². The van der Waals surface area contributed by atoms with Crippen LogP contribution in [0.5, 0.6) is 0 Å². The number of primary amides is 1. The van der Waals surface area contributed by atoms with Crippen LogP contribution in [0.3, 0.4) is 0 Å². The molecule has 0 aromatic carbocycles. The first-order valence-corrected chi connectivity index (χ1v) is 5.47. The predicted octanol–water partition coefficient (Wildman–Crippen LogP) is -0.878. The van der Waals surface area contributed by atoms with Crippen molar-refractivity contribution >= 4 is 11.8 Å². The van der Waals surface area contributed by atoms with Crippen molar-refractivity contribution in [2.24, 2.45) is 11.5 Å². The summed E-state index contributed by atoms with van der Waals surface area (Å²) in [6.07, 6.45) is 1.95. The van der Waals surface area contributed by atoms with Gasteiger partial charge < -0.3 is 21.5 Å². The number of hydrogen-bond acceptors (Lipinski definition) is 4. The first-order valence-electron chi connectivity index (χ1n) is 5.47. The van der Waals surface area contributed by atoms with Gasteiger partial charge in [-0.1, -0.05) is 13.3 Å². The maximum Gasteiger partial charge on any atom is 0.237 e. The molecule has 0 bridgehead atoms. The summed E-state index contributed by atoms with van der Waals surface area (Å²) in [5.74, 6) is -0.959. The first-order chi connectivity index (χ1) is 7.57. The Morgan fingerprint density at radius 1 is 1.38 bits per heavy atom. The number of ether oxygens (including phenoxy) is 1. The Morgan fingerprint density at radius 2 is 2.06 bits per heavy atom. The minimum Gasteiger partial charge on any atom is -0.380 e. The molecule has 5 N–H and O–H groups in total. The number of carbonyl (C=O) groups is 2. The van der Waals surface area contributed by atoms with Crippen molar-refractivity contribution in [1.82, 2.24) is 5.32 Å². The molecule has 0 aromatic heterocycles. The number of hydrogen-bond donors (Lipinski definition) is 3. The summed E-state index contributed by atoms with van der Waals surface area (Å²) in [6, 6.07) is -0.867. The van der Waals surface area contributed by atoms with Crippen LogP contribution in [0.25, 0.3) is 0 Å². The number of amides is 2. The molecule has 16 heavy (non-hydrogen) atoms. The number of rotatable bonds is 9. The molecule has 0 aliphatic carbocycles. The number of unbranched alkanes of at least 4 members (excludes halogenated alkanes) is 1. The molecule has 94 valence electrons. The highest BCUT2D eigenvalue weighted by atomic mass is 16.5. The molecule has 0 aromatic rings. The van der Waals surface area contributed by atoms with E-state index in [1.807, 2.05) is 0 Å². The Labute approximate surface area is 95.7 Å². The highest BCUT2D eigenvalue weighted by Crippen LogP contribution is 1.88. The van der Waals surface area contributed by atoms with E-state index in [2.05, 4.69) is 12.2 Å². The van der Waals surface area contributed by atoms with Crippen molar-refractivity contribution in [3.05, 3.63) is 0 Å². The Bertz CT molecular complexity index is 221. The van der Waals surface area contributed by atoms with Gasteiger partial charge in [0, 0.05) is 13.2 Å². The lowest BCUT2D eigenvalue weighted by Crippen LogP contribution is -2.43. The molecule has 6 nitrogen and oxygen atoms in total. The molecule has 0 heterocycles. The van der Waals surface area contributed by atoms with Crippen molar-refractivity contribution in [2.45, 2.75) is 32.2 Å². The molecule has 2 amide bonds. The first kappa shape index (κ1) is 14.9. The van der Waals surface area contributed by atoms with Gasteiger partial charge in [0.15, 0.2) is 0 Å². The van der Waals surface area contributed by atoms with Crippen molar-refractivity contribution < 1.29 is 14.3 Å². The summed E-state index contributed by atoms with van der Waals surface area (Å²) < 4.78 is 5.24. The fourth-order valence-corrected chi connectivity index (χ4v) is 1.04. The Morgan fingerprint density at radius 3 is 2.62 bits per heavy atom. The lowest BCUT2D eigenvalue weighted by molar-refractivity contribution is -0.126. The van der Waals surface area contributed by atoms with Crippen molar-refractivity contribution in [1.29, 1.82) is 0 Å². The van der Waals surface area contributed by atoms with E-state index in [9.17, 15) is 9.59 Å². The average molecular weight is 231 g/mol.